The van der Waals surface area contributed by atoms with Crippen molar-refractivity contribution in [3.8, 4) is 0 Å². The van der Waals surface area contributed by atoms with Gasteiger partial charge in [0.2, 0.25) is 0 Å². The van der Waals surface area contributed by atoms with Gasteiger partial charge in [-0.1, -0.05) is 20.8 Å². The van der Waals surface area contributed by atoms with E-state index in [2.05, 4.69) is 20.8 Å². The van der Waals surface area contributed by atoms with Gasteiger partial charge in [0.1, 0.15) is 0 Å². The minimum atomic E-state index is -0.893. The van der Waals surface area contributed by atoms with Crippen LogP contribution in [-0.2, 0) is 4.79 Å². The van der Waals surface area contributed by atoms with Gasteiger partial charge in [0.15, 0.2) is 0 Å². The molecule has 9 atom stereocenters. The molecule has 0 bridgehead atoms. The van der Waals surface area contributed by atoms with Crippen molar-refractivity contribution in [3.05, 3.63) is 0 Å². The van der Waals surface area contributed by atoms with Crippen LogP contribution in [-0.4, -0.2) is 17.2 Å². The van der Waals surface area contributed by atoms with Crippen LogP contribution in [0.5, 0.6) is 0 Å². The SMILES string of the molecule is C[C@H](CCC(=O)[O-])[C@@H]1CC[C@H]2[C@@H]3CC[C@H]4C[C@@H](O)CC[C@]4(C)[C@@H]3CC[C@@]21C. The lowest BCUT2D eigenvalue weighted by Gasteiger charge is -2.61. The van der Waals surface area contributed by atoms with Gasteiger partial charge < -0.3 is 15.0 Å². The summed E-state index contributed by atoms with van der Waals surface area (Å²) in [4.78, 5) is 10.9. The van der Waals surface area contributed by atoms with Crippen LogP contribution in [0, 0.1) is 46.3 Å². The molecule has 3 nitrogen and oxygen atoms in total. The van der Waals surface area contributed by atoms with Gasteiger partial charge >= 0.3 is 0 Å². The highest BCUT2D eigenvalue weighted by molar-refractivity contribution is 5.64. The van der Waals surface area contributed by atoms with Crippen LogP contribution in [0.3, 0.4) is 0 Å². The Morgan fingerprint density at radius 3 is 2.48 bits per heavy atom. The van der Waals surface area contributed by atoms with Crippen LogP contribution < -0.4 is 5.11 Å². The summed E-state index contributed by atoms with van der Waals surface area (Å²) in [5, 5.41) is 21.1. The zero-order valence-corrected chi connectivity index (χ0v) is 17.6. The zero-order chi connectivity index (χ0) is 19.4. The predicted molar refractivity (Wildman–Crippen MR) is 105 cm³/mol. The number of rotatable bonds is 4. The minimum Gasteiger partial charge on any atom is -0.550 e. The quantitative estimate of drug-likeness (QED) is 0.802. The molecule has 0 aromatic carbocycles. The van der Waals surface area contributed by atoms with Crippen LogP contribution in [0.15, 0.2) is 0 Å². The van der Waals surface area contributed by atoms with Gasteiger partial charge in [-0.05, 0) is 117 Å². The molecule has 4 aliphatic carbocycles. The highest BCUT2D eigenvalue weighted by Gasteiger charge is 2.60. The molecule has 4 saturated carbocycles. The largest absolute Gasteiger partial charge is 0.550 e. The second kappa shape index (κ2) is 7.04. The number of aliphatic hydroxyl groups is 1. The Morgan fingerprint density at radius 1 is 1.04 bits per heavy atom. The van der Waals surface area contributed by atoms with Crippen molar-refractivity contribution in [2.45, 2.75) is 97.5 Å². The Bertz CT molecular complexity index is 574. The standard InChI is InChI=1S/C24H40O3/c1-15(4-9-22(26)27)19-7-8-20-18-6-5-16-14-17(25)10-12-23(16,2)21(18)11-13-24(19,20)3/h15-21,25H,4-14H2,1-3H3,(H,26,27)/p-1/t15-,16+,17+,18+,19+,20+,21-,23+,24-/m1/s1. The normalized spacial score (nSPS) is 50.4. The van der Waals surface area contributed by atoms with Crippen molar-refractivity contribution in [2.75, 3.05) is 0 Å². The van der Waals surface area contributed by atoms with Crippen molar-refractivity contribution < 1.29 is 15.0 Å². The molecular formula is C24H39O3-. The third-order valence-corrected chi connectivity index (χ3v) is 10.2. The summed E-state index contributed by atoms with van der Waals surface area (Å²) in [7, 11) is 0. The van der Waals surface area contributed by atoms with Gasteiger partial charge in [-0.15, -0.1) is 0 Å². The first-order valence-corrected chi connectivity index (χ1v) is 11.6. The van der Waals surface area contributed by atoms with E-state index in [0.29, 0.717) is 22.7 Å². The molecule has 4 rings (SSSR count). The Hall–Kier alpha value is -0.570. The third-order valence-electron chi connectivity index (χ3n) is 10.2. The van der Waals surface area contributed by atoms with E-state index in [-0.39, 0.29) is 12.5 Å². The van der Waals surface area contributed by atoms with Crippen LogP contribution >= 0.6 is 0 Å². The Labute approximate surface area is 165 Å². The number of carbonyl (C=O) groups is 1. The molecule has 0 aliphatic heterocycles. The van der Waals surface area contributed by atoms with Gasteiger partial charge in [0, 0.05) is 5.97 Å². The van der Waals surface area contributed by atoms with Crippen LogP contribution in [0.4, 0.5) is 0 Å². The van der Waals surface area contributed by atoms with E-state index >= 15 is 0 Å². The summed E-state index contributed by atoms with van der Waals surface area (Å²) in [6, 6.07) is 0. The van der Waals surface area contributed by atoms with E-state index in [1.165, 1.54) is 44.9 Å². The van der Waals surface area contributed by atoms with E-state index in [4.69, 9.17) is 0 Å². The number of carboxylic acid groups (broad SMARTS) is 1. The van der Waals surface area contributed by atoms with Crippen molar-refractivity contribution >= 4 is 5.97 Å². The highest BCUT2D eigenvalue weighted by Crippen LogP contribution is 2.68. The monoisotopic (exact) mass is 375 g/mol. The van der Waals surface area contributed by atoms with Crippen molar-refractivity contribution in [1.29, 1.82) is 0 Å². The molecule has 4 fully saturated rings. The number of carbonyl (C=O) groups excluding carboxylic acids is 1. The van der Waals surface area contributed by atoms with E-state index in [0.717, 1.165) is 42.9 Å². The Morgan fingerprint density at radius 2 is 1.74 bits per heavy atom. The number of carboxylic acids is 1. The number of hydrogen-bond donors (Lipinski definition) is 1. The molecule has 3 heteroatoms. The maximum Gasteiger partial charge on any atom is 0.0543 e. The maximum atomic E-state index is 10.9. The molecular weight excluding hydrogens is 336 g/mol. The summed E-state index contributed by atoms with van der Waals surface area (Å²) in [5.74, 6) is 3.55. The van der Waals surface area contributed by atoms with Crippen molar-refractivity contribution in [1.82, 2.24) is 0 Å². The molecule has 1 N–H and O–H groups in total. The fourth-order valence-corrected chi connectivity index (χ4v) is 8.76. The van der Waals surface area contributed by atoms with E-state index in [9.17, 15) is 15.0 Å². The molecule has 0 spiro atoms. The average molecular weight is 376 g/mol. The lowest BCUT2D eigenvalue weighted by Crippen LogP contribution is -2.54. The van der Waals surface area contributed by atoms with E-state index < -0.39 is 5.97 Å². The molecule has 154 valence electrons. The molecule has 27 heavy (non-hydrogen) atoms. The van der Waals surface area contributed by atoms with Crippen molar-refractivity contribution in [3.63, 3.8) is 0 Å². The number of fused-ring (bicyclic) bond motifs is 5. The summed E-state index contributed by atoms with van der Waals surface area (Å²) < 4.78 is 0. The number of aliphatic carboxylic acids is 1. The number of hydrogen-bond acceptors (Lipinski definition) is 3. The second-order valence-electron chi connectivity index (χ2n) is 11.2. The summed E-state index contributed by atoms with van der Waals surface area (Å²) >= 11 is 0. The fourth-order valence-electron chi connectivity index (χ4n) is 8.76. The first-order chi connectivity index (χ1) is 12.8. The van der Waals surface area contributed by atoms with Gasteiger partial charge in [-0.25, -0.2) is 0 Å². The molecule has 0 unspecified atom stereocenters. The summed E-state index contributed by atoms with van der Waals surface area (Å²) in [6.45, 7) is 7.38. The van der Waals surface area contributed by atoms with Crippen LogP contribution in [0.1, 0.15) is 91.4 Å². The molecule has 4 aliphatic rings. The summed E-state index contributed by atoms with van der Waals surface area (Å²) in [5.41, 5.74) is 0.853. The smallest absolute Gasteiger partial charge is 0.0543 e. The Kier molecular flexibility index (Phi) is 5.15. The van der Waals surface area contributed by atoms with Crippen LogP contribution in [0.2, 0.25) is 0 Å². The molecule has 0 radical (unpaired) electrons. The maximum absolute atomic E-state index is 10.9. The van der Waals surface area contributed by atoms with E-state index in [1.54, 1.807) is 0 Å². The molecule has 0 saturated heterocycles. The van der Waals surface area contributed by atoms with Crippen LogP contribution in [0.25, 0.3) is 0 Å². The molecule has 0 amide bonds. The van der Waals surface area contributed by atoms with Gasteiger partial charge in [-0.2, -0.15) is 0 Å². The van der Waals surface area contributed by atoms with Gasteiger partial charge in [-0.3, -0.25) is 0 Å². The second-order valence-corrected chi connectivity index (χ2v) is 11.2. The Balaban J connectivity index is 1.51. The highest BCUT2D eigenvalue weighted by atomic mass is 16.4. The first kappa shape index (κ1) is 19.7. The molecule has 0 aromatic heterocycles. The summed E-state index contributed by atoms with van der Waals surface area (Å²) in [6.07, 6.45) is 12.2. The lowest BCUT2D eigenvalue weighted by atomic mass is 9.44. The zero-order valence-electron chi connectivity index (χ0n) is 17.6. The first-order valence-electron chi connectivity index (χ1n) is 11.6. The predicted octanol–water partition coefficient (Wildman–Crippen LogP) is 4.17. The lowest BCUT2D eigenvalue weighted by molar-refractivity contribution is -0.306. The van der Waals surface area contributed by atoms with Crippen molar-refractivity contribution in [2.24, 2.45) is 46.3 Å². The van der Waals surface area contributed by atoms with Gasteiger partial charge in [0.25, 0.3) is 0 Å². The third kappa shape index (κ3) is 3.16. The number of aliphatic hydroxyl groups excluding tert-OH is 1. The fraction of sp³-hybridized carbons (Fsp3) is 0.958. The molecule has 0 aromatic rings. The minimum absolute atomic E-state index is 0.0612. The topological polar surface area (TPSA) is 60.4 Å². The van der Waals surface area contributed by atoms with E-state index in [1.807, 2.05) is 0 Å². The average Bonchev–Trinajstić information content (AvgIpc) is 2.97. The molecule has 0 heterocycles. The van der Waals surface area contributed by atoms with Gasteiger partial charge in [0.05, 0.1) is 6.10 Å².